The first kappa shape index (κ1) is 29.1. The summed E-state index contributed by atoms with van der Waals surface area (Å²) in [5.74, 6) is 2.70. The quantitative estimate of drug-likeness (QED) is 0.234. The van der Waals surface area contributed by atoms with Crippen molar-refractivity contribution < 1.29 is 18.6 Å². The Morgan fingerprint density at radius 3 is 1.66 bits per heavy atom. The Balaban J connectivity index is 2.53. The smallest absolute Gasteiger partial charge is 0.262 e. The first-order chi connectivity index (χ1) is 16.4. The summed E-state index contributed by atoms with van der Waals surface area (Å²) in [7, 11) is 0.613. The minimum Gasteiger partial charge on any atom is -0.441 e. The molecule has 0 radical (unpaired) electrons. The van der Waals surface area contributed by atoms with Crippen molar-refractivity contribution in [3.05, 3.63) is 60.7 Å². The van der Waals surface area contributed by atoms with E-state index in [2.05, 4.69) is 93.5 Å². The highest BCUT2D eigenvalue weighted by atomic mass is 28.4. The van der Waals surface area contributed by atoms with Crippen LogP contribution in [0, 0.1) is 12.0 Å². The van der Waals surface area contributed by atoms with Crippen molar-refractivity contribution in [1.29, 1.82) is 0 Å². The lowest BCUT2D eigenvalue weighted by atomic mass is 10.1. The third-order valence-corrected chi connectivity index (χ3v) is 11.3. The second-order valence-electron chi connectivity index (χ2n) is 11.2. The molecule has 1 unspecified atom stereocenters. The third kappa shape index (κ3) is 7.95. The Morgan fingerprint density at radius 2 is 1.26 bits per heavy atom. The highest BCUT2D eigenvalue weighted by Gasteiger charge is 2.51. The predicted octanol–water partition coefficient (Wildman–Crippen LogP) is 5.89. The van der Waals surface area contributed by atoms with E-state index in [9.17, 15) is 0 Å². The molecule has 0 saturated heterocycles. The van der Waals surface area contributed by atoms with E-state index in [-0.39, 0.29) is 16.7 Å². The van der Waals surface area contributed by atoms with Gasteiger partial charge in [0.05, 0.1) is 0 Å². The molecule has 0 fully saturated rings. The average Bonchev–Trinajstić information content (AvgIpc) is 2.81. The highest BCUT2D eigenvalue weighted by Crippen LogP contribution is 2.38. The minimum atomic E-state index is -2.74. The van der Waals surface area contributed by atoms with Crippen LogP contribution < -0.4 is 10.4 Å². The Hall–Kier alpha value is -2.10. The number of benzene rings is 2. The maximum absolute atomic E-state index is 7.28. The minimum absolute atomic E-state index is 0.131. The van der Waals surface area contributed by atoms with E-state index >= 15 is 0 Å². The molecular formula is C30H44O4Si. The van der Waals surface area contributed by atoms with Gasteiger partial charge in [0, 0.05) is 20.6 Å². The summed E-state index contributed by atoms with van der Waals surface area (Å²) < 4.78 is 24.2. The number of hydrogen-bond acceptors (Lipinski definition) is 4. The number of hydrogen-bond donors (Lipinski definition) is 0. The lowest BCUT2D eigenvalue weighted by Crippen LogP contribution is -2.67. The molecule has 0 aromatic heterocycles. The van der Waals surface area contributed by atoms with Crippen molar-refractivity contribution in [2.45, 2.75) is 90.3 Å². The lowest BCUT2D eigenvalue weighted by molar-refractivity contribution is -0.198. The molecule has 0 saturated carbocycles. The second kappa shape index (κ2) is 12.2. The van der Waals surface area contributed by atoms with Crippen LogP contribution in [0.15, 0.2) is 60.7 Å². The normalized spacial score (nSPS) is 13.6. The molecule has 1 atom stereocenters. The molecule has 2 aromatic carbocycles. The van der Waals surface area contributed by atoms with Crippen molar-refractivity contribution in [2.24, 2.45) is 0 Å². The Labute approximate surface area is 214 Å². The van der Waals surface area contributed by atoms with Gasteiger partial charge in [0.15, 0.2) is 5.79 Å². The number of methoxy groups -OCH3 is 2. The molecule has 4 nitrogen and oxygen atoms in total. The Morgan fingerprint density at radius 1 is 0.771 bits per heavy atom. The summed E-state index contributed by atoms with van der Waals surface area (Å²) in [4.78, 5) is 0. The second-order valence-corrected chi connectivity index (χ2v) is 15.4. The van der Waals surface area contributed by atoms with E-state index in [0.29, 0.717) is 0 Å². The van der Waals surface area contributed by atoms with Crippen molar-refractivity contribution >= 4 is 18.7 Å². The summed E-state index contributed by atoms with van der Waals surface area (Å²) >= 11 is 0. The topological polar surface area (TPSA) is 36.9 Å². The molecule has 2 rings (SSSR count). The molecule has 192 valence electrons. The first-order valence-corrected chi connectivity index (χ1v) is 14.4. The summed E-state index contributed by atoms with van der Waals surface area (Å²) in [5.41, 5.74) is -0.348. The predicted molar refractivity (Wildman–Crippen MR) is 147 cm³/mol. The first-order valence-electron chi connectivity index (χ1n) is 12.4. The lowest BCUT2D eigenvalue weighted by Gasteiger charge is -2.44. The maximum atomic E-state index is 7.28. The van der Waals surface area contributed by atoms with Crippen LogP contribution in [-0.4, -0.2) is 40.0 Å². The largest absolute Gasteiger partial charge is 0.441 e. The van der Waals surface area contributed by atoms with Crippen LogP contribution in [0.1, 0.15) is 67.7 Å². The summed E-state index contributed by atoms with van der Waals surface area (Å²) in [6.45, 7) is 14.8. The van der Waals surface area contributed by atoms with E-state index in [1.54, 1.807) is 14.2 Å². The van der Waals surface area contributed by atoms with Crippen LogP contribution in [0.25, 0.3) is 0 Å². The van der Waals surface area contributed by atoms with Crippen molar-refractivity contribution in [3.8, 4) is 12.0 Å². The van der Waals surface area contributed by atoms with Crippen molar-refractivity contribution in [1.82, 2.24) is 0 Å². The molecule has 0 heterocycles. The van der Waals surface area contributed by atoms with E-state index < -0.39 is 14.1 Å². The number of ether oxygens (including phenoxy) is 3. The molecule has 0 N–H and O–H groups in total. The molecule has 0 aliphatic heterocycles. The Bertz CT molecular complexity index is 906. The van der Waals surface area contributed by atoms with E-state index in [4.69, 9.17) is 18.6 Å². The molecule has 0 spiro atoms. The molecule has 5 heteroatoms. The standard InChI is InChI=1S/C30H44O4Si/c1-28(2,3)33-24-22-25(17-16-23-30(7,31-8)32-9)34-35(29(4,5)6,26-18-12-10-13-19-26)27-20-14-11-15-21-27/h10-15,18-21,25H,16-17,23H2,1-9H3. The average molecular weight is 497 g/mol. The van der Waals surface area contributed by atoms with Crippen molar-refractivity contribution in [2.75, 3.05) is 14.2 Å². The van der Waals surface area contributed by atoms with Gasteiger partial charge in [-0.25, -0.2) is 0 Å². The summed E-state index contributed by atoms with van der Waals surface area (Å²) in [6.07, 6.45) is 4.98. The van der Waals surface area contributed by atoms with Gasteiger partial charge in [-0.2, -0.15) is 0 Å². The fraction of sp³-hybridized carbons (Fsp3) is 0.533. The van der Waals surface area contributed by atoms with Crippen LogP contribution in [0.3, 0.4) is 0 Å². The van der Waals surface area contributed by atoms with Gasteiger partial charge >= 0.3 is 0 Å². The molecule has 0 amide bonds. The third-order valence-electron chi connectivity index (χ3n) is 6.27. The van der Waals surface area contributed by atoms with Gasteiger partial charge in [-0.15, -0.1) is 0 Å². The Kier molecular flexibility index (Phi) is 10.2. The van der Waals surface area contributed by atoms with Gasteiger partial charge in [0.2, 0.25) is 0 Å². The van der Waals surface area contributed by atoms with Crippen LogP contribution >= 0.6 is 0 Å². The zero-order chi connectivity index (χ0) is 26.2. The molecule has 0 aliphatic rings. The molecule has 35 heavy (non-hydrogen) atoms. The molecular weight excluding hydrogens is 452 g/mol. The fourth-order valence-corrected chi connectivity index (χ4v) is 8.83. The number of rotatable bonds is 10. The van der Waals surface area contributed by atoms with E-state index in [1.165, 1.54) is 10.4 Å². The van der Waals surface area contributed by atoms with Gasteiger partial charge in [-0.1, -0.05) is 81.4 Å². The monoisotopic (exact) mass is 496 g/mol. The molecule has 2 aromatic rings. The van der Waals surface area contributed by atoms with E-state index in [1.807, 2.05) is 27.7 Å². The maximum Gasteiger partial charge on any atom is 0.262 e. The SMILES string of the molecule is COC(C)(CCCC(C#COC(C)(C)C)O[Si](c1ccccc1)(c1ccccc1)C(C)(C)C)OC. The summed E-state index contributed by atoms with van der Waals surface area (Å²) in [5, 5.41) is 2.34. The van der Waals surface area contributed by atoms with Crippen molar-refractivity contribution in [3.63, 3.8) is 0 Å². The summed E-state index contributed by atoms with van der Waals surface area (Å²) in [6, 6.07) is 21.3. The van der Waals surface area contributed by atoms with E-state index in [0.717, 1.165) is 19.3 Å². The van der Waals surface area contributed by atoms with Gasteiger partial charge in [0.25, 0.3) is 8.32 Å². The van der Waals surface area contributed by atoms with Crippen LogP contribution in [0.4, 0.5) is 0 Å². The van der Waals surface area contributed by atoms with Gasteiger partial charge in [0.1, 0.15) is 17.8 Å². The fourth-order valence-electron chi connectivity index (χ4n) is 4.21. The van der Waals surface area contributed by atoms with Gasteiger partial charge < -0.3 is 18.6 Å². The zero-order valence-electron chi connectivity index (χ0n) is 23.1. The highest BCUT2D eigenvalue weighted by molar-refractivity contribution is 6.99. The van der Waals surface area contributed by atoms with Crippen LogP contribution in [-0.2, 0) is 18.6 Å². The zero-order valence-corrected chi connectivity index (χ0v) is 24.1. The van der Waals surface area contributed by atoms with Gasteiger partial charge in [-0.3, -0.25) is 0 Å². The van der Waals surface area contributed by atoms with Gasteiger partial charge in [-0.05, 0) is 61.9 Å². The molecule has 0 aliphatic carbocycles. The van der Waals surface area contributed by atoms with Crippen LogP contribution in [0.2, 0.25) is 5.04 Å². The van der Waals surface area contributed by atoms with Crippen LogP contribution in [0.5, 0.6) is 0 Å². The molecule has 0 bridgehead atoms.